The van der Waals surface area contributed by atoms with Crippen molar-refractivity contribution in [3.8, 4) is 39.1 Å². The van der Waals surface area contributed by atoms with Gasteiger partial charge in [0.1, 0.15) is 0 Å². The van der Waals surface area contributed by atoms with E-state index in [2.05, 4.69) is 126 Å². The molecule has 0 aliphatic rings. The maximum absolute atomic E-state index is 8.92. The van der Waals surface area contributed by atoms with Crippen molar-refractivity contribution in [1.82, 2.24) is 4.57 Å². The number of thiophene rings is 1. The zero-order chi connectivity index (χ0) is 38.5. The van der Waals surface area contributed by atoms with Gasteiger partial charge in [-0.3, -0.25) is 0 Å². The van der Waals surface area contributed by atoms with Crippen molar-refractivity contribution in [2.75, 3.05) is 0 Å². The summed E-state index contributed by atoms with van der Waals surface area (Å²) >= 11 is 1.83. The summed E-state index contributed by atoms with van der Waals surface area (Å²) in [6, 6.07) is 53.9. The molecule has 0 aliphatic heterocycles. The zero-order valence-electron chi connectivity index (χ0n) is 32.9. The predicted octanol–water partition coefficient (Wildman–Crippen LogP) is 14.5. The van der Waals surface area contributed by atoms with Crippen LogP contribution in [0.2, 0.25) is 0 Å². The summed E-state index contributed by atoms with van der Waals surface area (Å²) in [6.07, 6.45) is 0. The van der Waals surface area contributed by atoms with Crippen LogP contribution in [0.5, 0.6) is 0 Å². The lowest BCUT2D eigenvalue weighted by atomic mass is 9.85. The van der Waals surface area contributed by atoms with Crippen LogP contribution in [0.1, 0.15) is 6.85 Å². The topological polar surface area (TPSA) is 4.93 Å². The number of fused-ring (bicyclic) bond motifs is 8. The van der Waals surface area contributed by atoms with Crippen LogP contribution in [-0.4, -0.2) is 4.57 Å². The maximum atomic E-state index is 8.92. The third-order valence-electron chi connectivity index (χ3n) is 10.5. The fourth-order valence-corrected chi connectivity index (χ4v) is 9.44. The van der Waals surface area contributed by atoms with Crippen LogP contribution >= 0.6 is 11.3 Å². The van der Waals surface area contributed by atoms with E-state index >= 15 is 0 Å². The number of hydrogen-bond donors (Lipinski definition) is 0. The van der Waals surface area contributed by atoms with E-state index in [-0.39, 0.29) is 29.7 Å². The van der Waals surface area contributed by atoms with Crippen LogP contribution in [0.25, 0.3) is 103 Å². The molecular formula is C50H31NS. The third-order valence-corrected chi connectivity index (χ3v) is 11.6. The summed E-state index contributed by atoms with van der Waals surface area (Å²) in [5, 5.41) is 8.47. The first kappa shape index (κ1) is 24.6. The summed E-state index contributed by atoms with van der Waals surface area (Å²) in [4.78, 5) is 0. The van der Waals surface area contributed by atoms with E-state index in [4.69, 9.17) is 6.85 Å². The predicted molar refractivity (Wildman–Crippen MR) is 225 cm³/mol. The Kier molecular flexibility index (Phi) is 5.46. The van der Waals surface area contributed by atoms with Crippen molar-refractivity contribution >= 4 is 74.9 Å². The van der Waals surface area contributed by atoms with Crippen LogP contribution in [0.15, 0.2) is 188 Å². The standard InChI is InChI=1S/C50H31NS/c1-2-14-33(15-3-1)47-38-18-4-6-20-40(38)48(41-21-7-5-19-39(41)47)34-28-26-32(27-29-34)35-30-31-46-49(42-22-10-13-25-45(42)52-46)50(35)51-43-23-11-8-16-36(43)37-17-9-12-24-44(37)51/h1-31H/i1D,2D,3D,14D,15D. The molecule has 2 heteroatoms. The third kappa shape index (κ3) is 4.28. The molecule has 1 nitrogen and oxygen atoms in total. The van der Waals surface area contributed by atoms with Gasteiger partial charge in [-0.2, -0.15) is 0 Å². The molecule has 0 saturated carbocycles. The lowest BCUT2D eigenvalue weighted by Gasteiger charge is -2.19. The summed E-state index contributed by atoms with van der Waals surface area (Å²) in [6.45, 7) is 0. The van der Waals surface area contributed by atoms with Crippen LogP contribution in [0.3, 0.4) is 0 Å². The lowest BCUT2D eigenvalue weighted by molar-refractivity contribution is 1.20. The van der Waals surface area contributed by atoms with E-state index in [1.165, 1.54) is 30.9 Å². The van der Waals surface area contributed by atoms with Gasteiger partial charge in [0.2, 0.25) is 0 Å². The molecule has 9 aromatic carbocycles. The fourth-order valence-electron chi connectivity index (χ4n) is 8.33. The molecule has 0 radical (unpaired) electrons. The highest BCUT2D eigenvalue weighted by molar-refractivity contribution is 7.25. The van der Waals surface area contributed by atoms with E-state index in [0.717, 1.165) is 60.5 Å². The number of hydrogen-bond acceptors (Lipinski definition) is 1. The average molecular weight is 683 g/mol. The summed E-state index contributed by atoms with van der Waals surface area (Å²) in [5.41, 5.74) is 8.63. The summed E-state index contributed by atoms with van der Waals surface area (Å²) in [5.74, 6) is 0. The van der Waals surface area contributed by atoms with Gasteiger partial charge in [-0.05, 0) is 73.6 Å². The maximum Gasteiger partial charge on any atom is 0.0633 e. The molecule has 0 amide bonds. The van der Waals surface area contributed by atoms with Crippen LogP contribution < -0.4 is 0 Å². The summed E-state index contributed by atoms with van der Waals surface area (Å²) in [7, 11) is 0. The minimum Gasteiger partial charge on any atom is -0.308 e. The molecule has 0 unspecified atom stereocenters. The highest BCUT2D eigenvalue weighted by Gasteiger charge is 2.21. The quantitative estimate of drug-likeness (QED) is 0.163. The Balaban J connectivity index is 1.17. The highest BCUT2D eigenvalue weighted by Crippen LogP contribution is 2.47. The molecular weight excluding hydrogens is 647 g/mol. The van der Waals surface area contributed by atoms with Gasteiger partial charge in [0, 0.05) is 36.5 Å². The van der Waals surface area contributed by atoms with Crippen molar-refractivity contribution < 1.29 is 6.85 Å². The number of nitrogens with zero attached hydrogens (tertiary/aromatic N) is 1. The minimum absolute atomic E-state index is 0.206. The fraction of sp³-hybridized carbons (Fsp3) is 0. The largest absolute Gasteiger partial charge is 0.308 e. The van der Waals surface area contributed by atoms with Crippen molar-refractivity contribution in [3.63, 3.8) is 0 Å². The van der Waals surface area contributed by atoms with Gasteiger partial charge in [-0.15, -0.1) is 11.3 Å². The first-order valence-electron chi connectivity index (χ1n) is 19.9. The number of rotatable bonds is 4. The molecule has 0 saturated heterocycles. The van der Waals surface area contributed by atoms with E-state index in [9.17, 15) is 0 Å². The van der Waals surface area contributed by atoms with Gasteiger partial charge in [0.25, 0.3) is 0 Å². The van der Waals surface area contributed by atoms with Gasteiger partial charge < -0.3 is 4.57 Å². The Morgan fingerprint density at radius 1 is 0.385 bits per heavy atom. The summed E-state index contributed by atoms with van der Waals surface area (Å²) < 4.78 is 48.0. The molecule has 52 heavy (non-hydrogen) atoms. The van der Waals surface area contributed by atoms with E-state index in [0.29, 0.717) is 5.56 Å². The molecule has 0 fully saturated rings. The van der Waals surface area contributed by atoms with Crippen molar-refractivity contribution in [1.29, 1.82) is 0 Å². The van der Waals surface area contributed by atoms with Crippen molar-refractivity contribution in [2.45, 2.75) is 0 Å². The zero-order valence-corrected chi connectivity index (χ0v) is 28.7. The van der Waals surface area contributed by atoms with E-state index in [1.807, 2.05) is 47.7 Å². The van der Waals surface area contributed by atoms with E-state index < -0.39 is 6.04 Å². The number of aromatic nitrogens is 1. The Morgan fingerprint density at radius 3 is 1.46 bits per heavy atom. The first-order valence-corrected chi connectivity index (χ1v) is 18.3. The lowest BCUT2D eigenvalue weighted by Crippen LogP contribution is -1.98. The monoisotopic (exact) mass is 682 g/mol. The van der Waals surface area contributed by atoms with Crippen molar-refractivity contribution in [3.05, 3.63) is 188 Å². The molecule has 0 atom stereocenters. The molecule has 0 bridgehead atoms. The van der Waals surface area contributed by atoms with Crippen LogP contribution in [0, 0.1) is 0 Å². The van der Waals surface area contributed by atoms with E-state index in [1.54, 1.807) is 0 Å². The molecule has 0 aliphatic carbocycles. The normalized spacial score (nSPS) is 13.2. The molecule has 11 aromatic rings. The smallest absolute Gasteiger partial charge is 0.0633 e. The number of para-hydroxylation sites is 2. The van der Waals surface area contributed by atoms with Gasteiger partial charge >= 0.3 is 0 Å². The Bertz CT molecular complexity index is 3330. The average Bonchev–Trinajstić information content (AvgIpc) is 3.81. The Hall–Kier alpha value is -6.48. The second-order valence-corrected chi connectivity index (χ2v) is 14.3. The molecule has 2 heterocycles. The second kappa shape index (κ2) is 11.5. The van der Waals surface area contributed by atoms with Crippen molar-refractivity contribution in [2.24, 2.45) is 0 Å². The second-order valence-electron chi connectivity index (χ2n) is 13.2. The molecule has 11 rings (SSSR count). The van der Waals surface area contributed by atoms with Gasteiger partial charge in [0.15, 0.2) is 0 Å². The SMILES string of the molecule is [2H]c1c([2H])c([2H])c(-c2c3ccccc3c(-c3ccc(-c4ccc5sc6ccccc6c5c4-n4c5ccccc5c5ccccc54)cc3)c3ccccc23)c([2H])c1[2H]. The minimum atomic E-state index is -0.397. The first-order chi connectivity index (χ1) is 27.9. The van der Waals surface area contributed by atoms with Gasteiger partial charge in [0.05, 0.1) is 23.6 Å². The molecule has 0 spiro atoms. The molecule has 0 N–H and O–H groups in total. The molecule has 242 valence electrons. The number of benzene rings is 9. The van der Waals surface area contributed by atoms with Gasteiger partial charge in [-0.25, -0.2) is 0 Å². The Morgan fingerprint density at radius 2 is 0.865 bits per heavy atom. The van der Waals surface area contributed by atoms with Gasteiger partial charge in [-0.1, -0.05) is 164 Å². The van der Waals surface area contributed by atoms with Crippen LogP contribution in [0.4, 0.5) is 0 Å². The molecule has 2 aromatic heterocycles. The highest BCUT2D eigenvalue weighted by atomic mass is 32.1. The Labute approximate surface area is 312 Å². The van der Waals surface area contributed by atoms with Crippen LogP contribution in [-0.2, 0) is 0 Å².